The lowest BCUT2D eigenvalue weighted by Gasteiger charge is -2.22. The highest BCUT2D eigenvalue weighted by Gasteiger charge is 2.22. The summed E-state index contributed by atoms with van der Waals surface area (Å²) in [6.45, 7) is 2.85. The van der Waals surface area contributed by atoms with Crippen LogP contribution in [0.4, 0.5) is 11.4 Å². The minimum absolute atomic E-state index is 0.0947. The van der Waals surface area contributed by atoms with Gasteiger partial charge in [0, 0.05) is 33.7 Å². The van der Waals surface area contributed by atoms with Crippen molar-refractivity contribution in [1.82, 2.24) is 4.98 Å². The Morgan fingerprint density at radius 1 is 1.20 bits per heavy atom. The van der Waals surface area contributed by atoms with Crippen molar-refractivity contribution in [3.63, 3.8) is 0 Å². The summed E-state index contributed by atoms with van der Waals surface area (Å²) < 4.78 is 16.5. The van der Waals surface area contributed by atoms with Crippen LogP contribution < -0.4 is 19.7 Å². The first-order chi connectivity index (χ1) is 14.5. The standard InChI is InChI=1S/C21H20BrN3O5/c1-3-25(13-5-7-16-17(9-13)30-11-29-16)10-18(26)24-19-14-8-12(22)4-6-15(14)23-20(19)21(27)28-2/h4-9,23H,3,10-11H2,1-2H3,(H,24,26). The zero-order valence-corrected chi connectivity index (χ0v) is 18.0. The van der Waals surface area contributed by atoms with E-state index in [-0.39, 0.29) is 24.9 Å². The fourth-order valence-electron chi connectivity index (χ4n) is 3.37. The molecule has 2 aromatic carbocycles. The number of aromatic amines is 1. The number of halogens is 1. The van der Waals surface area contributed by atoms with Gasteiger partial charge in [0.15, 0.2) is 11.5 Å². The summed E-state index contributed by atoms with van der Waals surface area (Å²) in [5.74, 6) is 0.522. The molecule has 0 fully saturated rings. The molecule has 4 rings (SSSR count). The van der Waals surface area contributed by atoms with E-state index in [9.17, 15) is 9.59 Å². The van der Waals surface area contributed by atoms with Crippen LogP contribution in [0.1, 0.15) is 17.4 Å². The number of ether oxygens (including phenoxy) is 3. The number of carbonyl (C=O) groups excluding carboxylic acids is 2. The van der Waals surface area contributed by atoms with Crippen LogP contribution in [0.25, 0.3) is 10.9 Å². The molecule has 0 saturated carbocycles. The highest BCUT2D eigenvalue weighted by molar-refractivity contribution is 9.10. The molecule has 9 heteroatoms. The molecule has 1 aliphatic rings. The molecule has 3 aromatic rings. The molecule has 1 amide bonds. The highest BCUT2D eigenvalue weighted by Crippen LogP contribution is 2.35. The number of esters is 1. The summed E-state index contributed by atoms with van der Waals surface area (Å²) >= 11 is 3.43. The SMILES string of the molecule is CCN(CC(=O)Nc1c(C(=O)OC)[nH]c2ccc(Br)cc12)c1ccc2c(c1)OCO2. The number of likely N-dealkylation sites (N-methyl/N-ethyl adjacent to an activating group) is 1. The van der Waals surface area contributed by atoms with Gasteiger partial charge in [-0.25, -0.2) is 4.79 Å². The van der Waals surface area contributed by atoms with Crippen LogP contribution >= 0.6 is 15.9 Å². The number of aromatic nitrogens is 1. The number of benzene rings is 2. The van der Waals surface area contributed by atoms with E-state index < -0.39 is 5.97 Å². The summed E-state index contributed by atoms with van der Waals surface area (Å²) in [5, 5.41) is 3.59. The second-order valence-electron chi connectivity index (χ2n) is 6.66. The predicted octanol–water partition coefficient (Wildman–Crippen LogP) is 3.91. The number of nitrogens with zero attached hydrogens (tertiary/aromatic N) is 1. The molecule has 0 atom stereocenters. The topological polar surface area (TPSA) is 92.9 Å². The third-order valence-electron chi connectivity index (χ3n) is 4.85. The van der Waals surface area contributed by atoms with E-state index in [1.807, 2.05) is 48.2 Å². The maximum Gasteiger partial charge on any atom is 0.356 e. The lowest BCUT2D eigenvalue weighted by atomic mass is 10.2. The van der Waals surface area contributed by atoms with Gasteiger partial charge in [0.05, 0.1) is 19.3 Å². The molecule has 0 radical (unpaired) electrons. The second-order valence-corrected chi connectivity index (χ2v) is 7.57. The van der Waals surface area contributed by atoms with Gasteiger partial charge in [0.25, 0.3) is 0 Å². The normalized spacial score (nSPS) is 12.1. The molecule has 156 valence electrons. The van der Waals surface area contributed by atoms with E-state index in [0.717, 1.165) is 15.7 Å². The first kappa shape index (κ1) is 20.1. The molecule has 0 unspecified atom stereocenters. The molecule has 2 heterocycles. The maximum absolute atomic E-state index is 12.9. The number of rotatable bonds is 6. The van der Waals surface area contributed by atoms with Crippen molar-refractivity contribution in [2.24, 2.45) is 0 Å². The van der Waals surface area contributed by atoms with Gasteiger partial charge in [-0.1, -0.05) is 15.9 Å². The third kappa shape index (κ3) is 3.80. The number of anilines is 2. The smallest absolute Gasteiger partial charge is 0.356 e. The summed E-state index contributed by atoms with van der Waals surface area (Å²) in [4.78, 5) is 30.0. The fraction of sp³-hybridized carbons (Fsp3) is 0.238. The van der Waals surface area contributed by atoms with Crippen LogP contribution in [0, 0.1) is 0 Å². The molecule has 0 saturated heterocycles. The Labute approximate surface area is 181 Å². The number of nitrogens with one attached hydrogen (secondary N) is 2. The largest absolute Gasteiger partial charge is 0.464 e. The predicted molar refractivity (Wildman–Crippen MR) is 116 cm³/mol. The van der Waals surface area contributed by atoms with Crippen LogP contribution in [0.15, 0.2) is 40.9 Å². The molecule has 30 heavy (non-hydrogen) atoms. The van der Waals surface area contributed by atoms with Crippen LogP contribution in [0.2, 0.25) is 0 Å². The lowest BCUT2D eigenvalue weighted by Crippen LogP contribution is -2.33. The zero-order valence-electron chi connectivity index (χ0n) is 16.5. The van der Waals surface area contributed by atoms with E-state index in [1.54, 1.807) is 0 Å². The van der Waals surface area contributed by atoms with E-state index in [0.29, 0.717) is 29.1 Å². The lowest BCUT2D eigenvalue weighted by molar-refractivity contribution is -0.115. The monoisotopic (exact) mass is 473 g/mol. The van der Waals surface area contributed by atoms with Gasteiger partial charge >= 0.3 is 5.97 Å². The summed E-state index contributed by atoms with van der Waals surface area (Å²) in [7, 11) is 1.30. The summed E-state index contributed by atoms with van der Waals surface area (Å²) in [5.41, 5.74) is 2.15. The minimum atomic E-state index is -0.555. The highest BCUT2D eigenvalue weighted by atomic mass is 79.9. The third-order valence-corrected chi connectivity index (χ3v) is 5.35. The zero-order chi connectivity index (χ0) is 21.3. The first-order valence-corrected chi connectivity index (χ1v) is 10.1. The Kier molecular flexibility index (Phi) is 5.54. The van der Waals surface area contributed by atoms with Crippen molar-refractivity contribution in [2.75, 3.05) is 37.2 Å². The molecule has 2 N–H and O–H groups in total. The van der Waals surface area contributed by atoms with Gasteiger partial charge in [0.2, 0.25) is 12.7 Å². The fourth-order valence-corrected chi connectivity index (χ4v) is 3.73. The molecule has 0 spiro atoms. The van der Waals surface area contributed by atoms with E-state index in [1.165, 1.54) is 7.11 Å². The van der Waals surface area contributed by atoms with Crippen molar-refractivity contribution in [3.05, 3.63) is 46.6 Å². The Hall–Kier alpha value is -3.20. The number of H-pyrrole nitrogens is 1. The average molecular weight is 474 g/mol. The molecule has 0 aliphatic carbocycles. The summed E-state index contributed by atoms with van der Waals surface area (Å²) in [6.07, 6.45) is 0. The number of hydrogen-bond acceptors (Lipinski definition) is 6. The van der Waals surface area contributed by atoms with Crippen molar-refractivity contribution in [1.29, 1.82) is 0 Å². The average Bonchev–Trinajstić information content (AvgIpc) is 3.35. The minimum Gasteiger partial charge on any atom is -0.464 e. The quantitative estimate of drug-likeness (QED) is 0.527. The van der Waals surface area contributed by atoms with E-state index >= 15 is 0 Å². The maximum atomic E-state index is 12.9. The molecule has 1 aliphatic heterocycles. The van der Waals surface area contributed by atoms with Crippen LogP contribution in [-0.4, -0.2) is 43.9 Å². The van der Waals surface area contributed by atoms with Gasteiger partial charge in [-0.05, 0) is 37.3 Å². The van der Waals surface area contributed by atoms with Crippen LogP contribution in [0.5, 0.6) is 11.5 Å². The molecule has 0 bridgehead atoms. The van der Waals surface area contributed by atoms with Gasteiger partial charge in [-0.15, -0.1) is 0 Å². The van der Waals surface area contributed by atoms with Gasteiger partial charge < -0.3 is 29.4 Å². The number of hydrogen-bond donors (Lipinski definition) is 2. The molecule has 8 nitrogen and oxygen atoms in total. The molecule has 1 aromatic heterocycles. The number of fused-ring (bicyclic) bond motifs is 2. The van der Waals surface area contributed by atoms with Crippen molar-refractivity contribution in [2.45, 2.75) is 6.92 Å². The van der Waals surface area contributed by atoms with Crippen LogP contribution in [0.3, 0.4) is 0 Å². The Morgan fingerprint density at radius 2 is 2.00 bits per heavy atom. The van der Waals surface area contributed by atoms with Gasteiger partial charge in [0.1, 0.15) is 5.69 Å². The van der Waals surface area contributed by atoms with Gasteiger partial charge in [-0.3, -0.25) is 4.79 Å². The first-order valence-electron chi connectivity index (χ1n) is 9.34. The van der Waals surface area contributed by atoms with Crippen molar-refractivity contribution < 1.29 is 23.8 Å². The van der Waals surface area contributed by atoms with Crippen molar-refractivity contribution >= 4 is 50.1 Å². The van der Waals surface area contributed by atoms with E-state index in [4.69, 9.17) is 14.2 Å². The number of methoxy groups -OCH3 is 1. The Morgan fingerprint density at radius 3 is 2.77 bits per heavy atom. The number of amides is 1. The van der Waals surface area contributed by atoms with Crippen LogP contribution in [-0.2, 0) is 9.53 Å². The molecular weight excluding hydrogens is 454 g/mol. The van der Waals surface area contributed by atoms with Gasteiger partial charge in [-0.2, -0.15) is 0 Å². The molecular formula is C21H20BrN3O5. The van der Waals surface area contributed by atoms with Crippen molar-refractivity contribution in [3.8, 4) is 11.5 Å². The summed E-state index contributed by atoms with van der Waals surface area (Å²) in [6, 6.07) is 11.1. The Balaban J connectivity index is 1.59. The van der Waals surface area contributed by atoms with E-state index in [2.05, 4.69) is 26.2 Å². The number of carbonyl (C=O) groups is 2. The second kappa shape index (κ2) is 8.27. The Bertz CT molecular complexity index is 1130.